The lowest BCUT2D eigenvalue weighted by Gasteiger charge is -2.24. The number of rotatable bonds is 38. The fourth-order valence-electron chi connectivity index (χ4n) is 6.49. The number of amides is 1. The Kier molecular flexibility index (Phi) is 37.8. The van der Waals surface area contributed by atoms with E-state index in [9.17, 15) is 19.8 Å². The largest absolute Gasteiger partial charge is 0.462 e. The zero-order chi connectivity index (χ0) is 37.5. The Balaban J connectivity index is 4.61. The summed E-state index contributed by atoms with van der Waals surface area (Å²) in [5.74, 6) is -0.510. The number of esters is 1. The summed E-state index contributed by atoms with van der Waals surface area (Å²) in [7, 11) is 0. The molecule has 298 valence electrons. The van der Waals surface area contributed by atoms with Crippen molar-refractivity contribution in [1.82, 2.24) is 5.32 Å². The highest BCUT2D eigenvalue weighted by Gasteiger charge is 2.24. The molecule has 3 unspecified atom stereocenters. The topological polar surface area (TPSA) is 95.9 Å². The van der Waals surface area contributed by atoms with Gasteiger partial charge in [0.1, 0.15) is 6.10 Å². The van der Waals surface area contributed by atoms with Gasteiger partial charge in [-0.1, -0.05) is 192 Å². The number of aliphatic hydroxyl groups excluding tert-OH is 2. The quantitative estimate of drug-likeness (QED) is 0.0336. The molecule has 0 spiro atoms. The average Bonchev–Trinajstić information content (AvgIpc) is 3.12. The molecule has 0 aliphatic carbocycles. The van der Waals surface area contributed by atoms with Crippen LogP contribution in [0.25, 0.3) is 0 Å². The third-order valence-electron chi connectivity index (χ3n) is 9.79. The van der Waals surface area contributed by atoms with E-state index >= 15 is 0 Å². The minimum Gasteiger partial charge on any atom is -0.462 e. The van der Waals surface area contributed by atoms with Crippen LogP contribution in [0.2, 0.25) is 0 Å². The van der Waals surface area contributed by atoms with Gasteiger partial charge >= 0.3 is 5.97 Å². The molecule has 0 aromatic carbocycles. The number of hydrogen-bond donors (Lipinski definition) is 3. The molecule has 0 rings (SSSR count). The summed E-state index contributed by atoms with van der Waals surface area (Å²) in [5, 5.41) is 23.6. The third-order valence-corrected chi connectivity index (χ3v) is 9.79. The van der Waals surface area contributed by atoms with Crippen LogP contribution >= 0.6 is 0 Å². The summed E-state index contributed by atoms with van der Waals surface area (Å²) in [5.41, 5.74) is 0. The van der Waals surface area contributed by atoms with Gasteiger partial charge in [-0.2, -0.15) is 0 Å². The van der Waals surface area contributed by atoms with Crippen molar-refractivity contribution in [2.75, 3.05) is 6.61 Å². The van der Waals surface area contributed by atoms with Crippen molar-refractivity contribution in [3.8, 4) is 0 Å². The van der Waals surface area contributed by atoms with Crippen LogP contribution in [0.4, 0.5) is 0 Å². The van der Waals surface area contributed by atoms with Crippen LogP contribution in [-0.4, -0.2) is 46.9 Å². The van der Waals surface area contributed by atoms with Crippen LogP contribution in [0.3, 0.4) is 0 Å². The molecule has 0 bridgehead atoms. The number of ether oxygens (including phenoxy) is 1. The van der Waals surface area contributed by atoms with Crippen molar-refractivity contribution in [1.29, 1.82) is 0 Å². The highest BCUT2D eigenvalue weighted by Crippen LogP contribution is 2.17. The molecule has 0 aliphatic rings. The van der Waals surface area contributed by atoms with Crippen molar-refractivity contribution < 1.29 is 24.5 Å². The lowest BCUT2D eigenvalue weighted by Crippen LogP contribution is -2.46. The Bertz CT molecular complexity index is 854. The van der Waals surface area contributed by atoms with Crippen LogP contribution in [0.1, 0.15) is 213 Å². The highest BCUT2D eigenvalue weighted by atomic mass is 16.5. The molecule has 51 heavy (non-hydrogen) atoms. The van der Waals surface area contributed by atoms with Gasteiger partial charge in [0.2, 0.25) is 5.91 Å². The lowest BCUT2D eigenvalue weighted by molar-refractivity contribution is -0.151. The predicted octanol–water partition coefficient (Wildman–Crippen LogP) is 12.2. The maximum absolute atomic E-state index is 13.1. The van der Waals surface area contributed by atoms with E-state index in [0.717, 1.165) is 70.6 Å². The molecule has 1 amide bonds. The van der Waals surface area contributed by atoms with Gasteiger partial charge < -0.3 is 20.3 Å². The molecule has 6 nitrogen and oxygen atoms in total. The monoisotopic (exact) mass is 718 g/mol. The first-order valence-corrected chi connectivity index (χ1v) is 21.7. The highest BCUT2D eigenvalue weighted by molar-refractivity contribution is 5.77. The zero-order valence-corrected chi connectivity index (χ0v) is 33.7. The van der Waals surface area contributed by atoms with Gasteiger partial charge in [-0.3, -0.25) is 9.59 Å². The Morgan fingerprint density at radius 3 is 1.59 bits per heavy atom. The van der Waals surface area contributed by atoms with Gasteiger partial charge in [0, 0.05) is 6.42 Å². The first-order chi connectivity index (χ1) is 25.0. The molecule has 0 aromatic heterocycles. The maximum atomic E-state index is 13.1. The number of carbonyl (C=O) groups excluding carboxylic acids is 2. The Labute approximate surface area is 315 Å². The van der Waals surface area contributed by atoms with Crippen molar-refractivity contribution in [2.24, 2.45) is 0 Å². The summed E-state index contributed by atoms with van der Waals surface area (Å²) in [6.45, 7) is 6.30. The van der Waals surface area contributed by atoms with Gasteiger partial charge in [0.05, 0.1) is 25.2 Å². The van der Waals surface area contributed by atoms with E-state index in [2.05, 4.69) is 50.4 Å². The Hall–Kier alpha value is -1.92. The minimum atomic E-state index is -0.791. The molecule has 3 N–H and O–H groups in total. The third kappa shape index (κ3) is 34.9. The molecule has 0 radical (unpaired) electrons. The second-order valence-corrected chi connectivity index (χ2v) is 14.8. The van der Waals surface area contributed by atoms with E-state index in [1.807, 2.05) is 12.2 Å². The van der Waals surface area contributed by atoms with E-state index in [4.69, 9.17) is 4.74 Å². The zero-order valence-electron chi connectivity index (χ0n) is 33.7. The Morgan fingerprint density at radius 1 is 0.588 bits per heavy atom. The second kappa shape index (κ2) is 39.3. The summed E-state index contributed by atoms with van der Waals surface area (Å²) < 4.78 is 5.86. The predicted molar refractivity (Wildman–Crippen MR) is 218 cm³/mol. The van der Waals surface area contributed by atoms with Crippen molar-refractivity contribution in [3.63, 3.8) is 0 Å². The van der Waals surface area contributed by atoms with E-state index in [-0.39, 0.29) is 24.9 Å². The number of nitrogens with one attached hydrogen (secondary N) is 1. The van der Waals surface area contributed by atoms with Gasteiger partial charge in [0.15, 0.2) is 0 Å². The van der Waals surface area contributed by atoms with E-state index in [0.29, 0.717) is 19.3 Å². The second-order valence-electron chi connectivity index (χ2n) is 14.8. The molecule has 3 atom stereocenters. The fraction of sp³-hybridized carbons (Fsp3) is 0.822. The van der Waals surface area contributed by atoms with Crippen LogP contribution in [0.15, 0.2) is 36.5 Å². The minimum absolute atomic E-state index is 0.0568. The molecule has 0 fully saturated rings. The average molecular weight is 718 g/mol. The summed E-state index contributed by atoms with van der Waals surface area (Å²) in [6.07, 6.45) is 43.5. The molecule has 0 saturated heterocycles. The number of allylic oxidation sites excluding steroid dienone is 6. The van der Waals surface area contributed by atoms with E-state index < -0.39 is 18.2 Å². The smallest absolute Gasteiger partial charge is 0.306 e. The SMILES string of the molecule is CC/C=C/C=C/C=C\CCCCCC(CC(=O)NC(CO)C(O)CCCCCCCCCCCCCC)OC(=O)CCCCCCCCCCC. The number of hydrogen-bond acceptors (Lipinski definition) is 5. The van der Waals surface area contributed by atoms with Crippen LogP contribution < -0.4 is 5.32 Å². The molecule has 0 saturated carbocycles. The molecular weight excluding hydrogens is 634 g/mol. The van der Waals surface area contributed by atoms with Gasteiger partial charge in [-0.05, 0) is 44.9 Å². The summed E-state index contributed by atoms with van der Waals surface area (Å²) >= 11 is 0. The first-order valence-electron chi connectivity index (χ1n) is 21.7. The lowest BCUT2D eigenvalue weighted by atomic mass is 10.0. The normalized spacial score (nSPS) is 13.7. The molecule has 0 heterocycles. The first kappa shape index (κ1) is 49.1. The van der Waals surface area contributed by atoms with Crippen LogP contribution in [0, 0.1) is 0 Å². The standard InChI is InChI=1S/C45H83NO5/c1-4-7-10-13-16-19-21-23-26-28-31-34-37-43(48)42(40-47)46-44(49)39-41(36-33-30-27-25-22-20-17-14-11-8-5-2)51-45(50)38-35-32-29-24-18-15-12-9-6-3/h8,11,14,17,20,22,41-43,47-48H,4-7,9-10,12-13,15-16,18-19,21,23-40H2,1-3H3,(H,46,49)/b11-8+,17-14+,22-20-. The molecular formula is C45H83NO5. The van der Waals surface area contributed by atoms with Crippen molar-refractivity contribution >= 4 is 11.9 Å². The van der Waals surface area contributed by atoms with Crippen LogP contribution in [-0.2, 0) is 14.3 Å². The molecule has 0 aliphatic heterocycles. The van der Waals surface area contributed by atoms with Gasteiger partial charge in [-0.15, -0.1) is 0 Å². The fourth-order valence-corrected chi connectivity index (χ4v) is 6.49. The summed E-state index contributed by atoms with van der Waals surface area (Å²) in [6, 6.07) is -0.707. The van der Waals surface area contributed by atoms with E-state index in [1.165, 1.54) is 96.3 Å². The maximum Gasteiger partial charge on any atom is 0.306 e. The summed E-state index contributed by atoms with van der Waals surface area (Å²) in [4.78, 5) is 25.8. The Morgan fingerprint density at radius 2 is 1.06 bits per heavy atom. The van der Waals surface area contributed by atoms with Gasteiger partial charge in [0.25, 0.3) is 0 Å². The molecule has 0 aromatic rings. The van der Waals surface area contributed by atoms with Crippen LogP contribution in [0.5, 0.6) is 0 Å². The van der Waals surface area contributed by atoms with Crippen molar-refractivity contribution in [2.45, 2.75) is 232 Å². The van der Waals surface area contributed by atoms with Crippen molar-refractivity contribution in [3.05, 3.63) is 36.5 Å². The van der Waals surface area contributed by atoms with Gasteiger partial charge in [-0.25, -0.2) is 0 Å². The number of carbonyl (C=O) groups is 2. The number of unbranched alkanes of at least 4 members (excludes halogenated alkanes) is 22. The van der Waals surface area contributed by atoms with E-state index in [1.54, 1.807) is 0 Å². The molecule has 6 heteroatoms. The number of aliphatic hydroxyl groups is 2.